The largest absolute Gasteiger partial charge is 0.309 e. The number of hydrogen-bond acceptors (Lipinski definition) is 1. The maximum Gasteiger partial charge on any atom is 0.0618 e. The highest BCUT2D eigenvalue weighted by molar-refractivity contribution is 6.30. The minimum atomic E-state index is 1.15. The van der Waals surface area contributed by atoms with E-state index in [0.717, 1.165) is 11.4 Å². The Kier molecular flexibility index (Phi) is 6.14. The predicted molar refractivity (Wildman–Crippen MR) is 204 cm³/mol. The van der Waals surface area contributed by atoms with Crippen molar-refractivity contribution in [2.75, 3.05) is 4.90 Å². The van der Waals surface area contributed by atoms with Crippen molar-refractivity contribution in [2.45, 2.75) is 27.7 Å². The number of benzene rings is 9. The Bertz CT molecular complexity index is 2520. The molecule has 9 rings (SSSR count). The summed E-state index contributed by atoms with van der Waals surface area (Å²) < 4.78 is 0. The van der Waals surface area contributed by atoms with Gasteiger partial charge in [-0.1, -0.05) is 126 Å². The summed E-state index contributed by atoms with van der Waals surface area (Å²) in [6.45, 7) is 8.77. The third kappa shape index (κ3) is 4.23. The zero-order valence-corrected chi connectivity index (χ0v) is 27.2. The van der Waals surface area contributed by atoms with Crippen molar-refractivity contribution in [1.82, 2.24) is 0 Å². The van der Waals surface area contributed by atoms with Crippen LogP contribution in [0.2, 0.25) is 0 Å². The van der Waals surface area contributed by atoms with Gasteiger partial charge in [-0.3, -0.25) is 0 Å². The lowest BCUT2D eigenvalue weighted by atomic mass is 9.84. The Hall–Kier alpha value is -5.66. The second-order valence-corrected chi connectivity index (χ2v) is 13.2. The van der Waals surface area contributed by atoms with Crippen LogP contribution in [0.5, 0.6) is 0 Å². The molecule has 224 valence electrons. The van der Waals surface area contributed by atoms with Gasteiger partial charge in [0.25, 0.3) is 0 Å². The van der Waals surface area contributed by atoms with E-state index in [1.165, 1.54) is 92.9 Å². The van der Waals surface area contributed by atoms with Crippen LogP contribution in [0.1, 0.15) is 22.3 Å². The van der Waals surface area contributed by atoms with Gasteiger partial charge < -0.3 is 4.90 Å². The Balaban J connectivity index is 1.43. The van der Waals surface area contributed by atoms with Gasteiger partial charge in [0.05, 0.1) is 5.69 Å². The van der Waals surface area contributed by atoms with Gasteiger partial charge in [-0.25, -0.2) is 0 Å². The lowest BCUT2D eigenvalue weighted by Crippen LogP contribution is -2.11. The van der Waals surface area contributed by atoms with Crippen LogP contribution >= 0.6 is 0 Å². The Morgan fingerprint density at radius 3 is 1.40 bits per heavy atom. The minimum absolute atomic E-state index is 1.15. The van der Waals surface area contributed by atoms with E-state index in [-0.39, 0.29) is 0 Å². The third-order valence-electron chi connectivity index (χ3n) is 10.0. The van der Waals surface area contributed by atoms with Crippen LogP contribution in [0.15, 0.2) is 140 Å². The molecule has 0 unspecified atom stereocenters. The monoisotopic (exact) mass is 601 g/mol. The molecule has 0 aliphatic rings. The Morgan fingerprint density at radius 2 is 0.872 bits per heavy atom. The molecular formula is C46H35N. The topological polar surface area (TPSA) is 3.24 Å². The van der Waals surface area contributed by atoms with E-state index in [4.69, 9.17) is 0 Å². The molecule has 0 bridgehead atoms. The van der Waals surface area contributed by atoms with Crippen LogP contribution in [0.4, 0.5) is 17.1 Å². The molecule has 0 saturated carbocycles. The first-order valence-electron chi connectivity index (χ1n) is 16.5. The van der Waals surface area contributed by atoms with Crippen molar-refractivity contribution in [3.8, 4) is 11.1 Å². The first kappa shape index (κ1) is 27.6. The molecule has 1 heteroatoms. The molecule has 1 nitrogen and oxygen atoms in total. The normalized spacial score (nSPS) is 11.8. The molecule has 0 atom stereocenters. The fraction of sp³-hybridized carbons (Fsp3) is 0.0870. The van der Waals surface area contributed by atoms with Crippen molar-refractivity contribution in [2.24, 2.45) is 0 Å². The molecule has 47 heavy (non-hydrogen) atoms. The molecule has 0 saturated heterocycles. The average Bonchev–Trinajstić information content (AvgIpc) is 3.09. The quantitative estimate of drug-likeness (QED) is 0.143. The van der Waals surface area contributed by atoms with Gasteiger partial charge in [-0.2, -0.15) is 0 Å². The molecule has 0 fully saturated rings. The highest BCUT2D eigenvalue weighted by Gasteiger charge is 2.24. The number of rotatable bonds is 4. The van der Waals surface area contributed by atoms with E-state index in [1.807, 2.05) is 0 Å². The molecule has 0 amide bonds. The minimum Gasteiger partial charge on any atom is -0.309 e. The SMILES string of the molecule is Cc1ccc(N(c2ccc(C)cc2)c2c3ccccc3c(-c3cc(C)c4ccc5cc(C)cc6ccc3c4c56)c3ccccc23)cc1. The van der Waals surface area contributed by atoms with Crippen LogP contribution in [-0.2, 0) is 0 Å². The van der Waals surface area contributed by atoms with E-state index in [9.17, 15) is 0 Å². The maximum atomic E-state index is 2.45. The van der Waals surface area contributed by atoms with Gasteiger partial charge >= 0.3 is 0 Å². The van der Waals surface area contributed by atoms with Crippen molar-refractivity contribution in [3.05, 3.63) is 162 Å². The lowest BCUT2D eigenvalue weighted by Gasteiger charge is -2.30. The van der Waals surface area contributed by atoms with E-state index in [0.29, 0.717) is 0 Å². The maximum absolute atomic E-state index is 2.45. The van der Waals surface area contributed by atoms with Gasteiger partial charge in [0.1, 0.15) is 0 Å². The first-order valence-corrected chi connectivity index (χ1v) is 16.5. The van der Waals surface area contributed by atoms with E-state index in [2.05, 4.69) is 172 Å². The number of anilines is 3. The summed E-state index contributed by atoms with van der Waals surface area (Å²) in [5.74, 6) is 0. The van der Waals surface area contributed by atoms with Crippen molar-refractivity contribution < 1.29 is 0 Å². The van der Waals surface area contributed by atoms with Gasteiger partial charge in [0.15, 0.2) is 0 Å². The molecular weight excluding hydrogens is 567 g/mol. The van der Waals surface area contributed by atoms with Gasteiger partial charge in [-0.15, -0.1) is 0 Å². The molecule has 0 N–H and O–H groups in total. The summed E-state index contributed by atoms with van der Waals surface area (Å²) in [6.07, 6.45) is 0. The number of nitrogens with zero attached hydrogens (tertiary/aromatic N) is 1. The Labute approximate surface area is 275 Å². The standard InChI is InChI=1S/C46H35N/c1-28-13-19-34(20-14-28)47(35-21-15-29(2)16-22-35)46-40-11-7-5-9-37(40)44(38-10-6-8-12-41(38)46)42-27-31(4)36-23-17-32-25-30(3)26-33-18-24-39(42)45(36)43(32)33/h5-27H,1-4H3. The molecule has 0 aliphatic heterocycles. The Morgan fingerprint density at radius 1 is 0.383 bits per heavy atom. The number of aryl methyl sites for hydroxylation is 4. The molecule has 0 aliphatic carbocycles. The highest BCUT2D eigenvalue weighted by atomic mass is 15.1. The van der Waals surface area contributed by atoms with Crippen LogP contribution in [-0.4, -0.2) is 0 Å². The van der Waals surface area contributed by atoms with E-state index >= 15 is 0 Å². The summed E-state index contributed by atoms with van der Waals surface area (Å²) in [5, 5.41) is 13.0. The zero-order chi connectivity index (χ0) is 31.8. The smallest absolute Gasteiger partial charge is 0.0618 e. The van der Waals surface area contributed by atoms with Crippen molar-refractivity contribution in [3.63, 3.8) is 0 Å². The molecule has 9 aromatic carbocycles. The van der Waals surface area contributed by atoms with Crippen LogP contribution in [0.3, 0.4) is 0 Å². The molecule has 0 spiro atoms. The second kappa shape index (κ2) is 10.4. The average molecular weight is 602 g/mol. The van der Waals surface area contributed by atoms with Gasteiger partial charge in [0.2, 0.25) is 0 Å². The van der Waals surface area contributed by atoms with Crippen molar-refractivity contribution in [1.29, 1.82) is 0 Å². The fourth-order valence-corrected chi connectivity index (χ4v) is 7.89. The number of hydrogen-bond donors (Lipinski definition) is 0. The van der Waals surface area contributed by atoms with Crippen LogP contribution in [0, 0.1) is 27.7 Å². The highest BCUT2D eigenvalue weighted by Crippen LogP contribution is 2.50. The zero-order valence-electron chi connectivity index (χ0n) is 27.2. The molecule has 0 aromatic heterocycles. The molecule has 9 aromatic rings. The lowest BCUT2D eigenvalue weighted by molar-refractivity contribution is 1.29. The van der Waals surface area contributed by atoms with Gasteiger partial charge in [-0.05, 0) is 117 Å². The summed E-state index contributed by atoms with van der Waals surface area (Å²) in [7, 11) is 0. The van der Waals surface area contributed by atoms with E-state index in [1.54, 1.807) is 0 Å². The summed E-state index contributed by atoms with van der Waals surface area (Å²) >= 11 is 0. The second-order valence-electron chi connectivity index (χ2n) is 13.2. The number of fused-ring (bicyclic) bond motifs is 2. The van der Waals surface area contributed by atoms with E-state index < -0.39 is 0 Å². The van der Waals surface area contributed by atoms with Crippen molar-refractivity contribution >= 4 is 70.9 Å². The summed E-state index contributed by atoms with van der Waals surface area (Å²) in [4.78, 5) is 2.45. The van der Waals surface area contributed by atoms with Gasteiger partial charge in [0, 0.05) is 22.1 Å². The first-order chi connectivity index (χ1) is 23.0. The predicted octanol–water partition coefficient (Wildman–Crippen LogP) is 13.3. The molecule has 0 radical (unpaired) electrons. The third-order valence-corrected chi connectivity index (χ3v) is 10.0. The van der Waals surface area contributed by atoms with Crippen LogP contribution in [0.25, 0.3) is 65.0 Å². The summed E-state index contributed by atoms with van der Waals surface area (Å²) in [5.41, 5.74) is 11.2. The molecule has 0 heterocycles. The summed E-state index contributed by atoms with van der Waals surface area (Å²) in [6, 6.07) is 52.2. The fourth-order valence-electron chi connectivity index (χ4n) is 7.89. The van der Waals surface area contributed by atoms with Crippen LogP contribution < -0.4 is 4.90 Å².